The van der Waals surface area contributed by atoms with Gasteiger partial charge in [-0.3, -0.25) is 4.72 Å². The summed E-state index contributed by atoms with van der Waals surface area (Å²) in [4.78, 5) is 7.74. The second kappa shape index (κ2) is 5.72. The highest BCUT2D eigenvalue weighted by Gasteiger charge is 2.27. The number of hydrogen-bond donors (Lipinski definition) is 1. The number of hydrogen-bond acceptors (Lipinski definition) is 8. The van der Waals surface area contributed by atoms with Crippen LogP contribution in [-0.2, 0) is 10.0 Å². The molecule has 0 aliphatic carbocycles. The summed E-state index contributed by atoms with van der Waals surface area (Å²) >= 11 is 0. The molecule has 10 heteroatoms. The number of aromatic nitrogens is 3. The highest BCUT2D eigenvalue weighted by atomic mass is 32.2. The molecule has 0 bridgehead atoms. The highest BCUT2D eigenvalue weighted by molar-refractivity contribution is 7.93. The molecule has 0 aliphatic rings. The summed E-state index contributed by atoms with van der Waals surface area (Å²) in [5.41, 5.74) is 0.321. The van der Waals surface area contributed by atoms with Crippen LogP contribution in [0.4, 0.5) is 5.82 Å². The highest BCUT2D eigenvalue weighted by Crippen LogP contribution is 2.34. The van der Waals surface area contributed by atoms with Crippen molar-refractivity contribution in [2.45, 2.75) is 4.90 Å². The van der Waals surface area contributed by atoms with Gasteiger partial charge in [-0.2, -0.15) is 0 Å². The molecule has 3 rings (SSSR count). The van der Waals surface area contributed by atoms with Gasteiger partial charge in [0.15, 0.2) is 10.4 Å². The van der Waals surface area contributed by atoms with Gasteiger partial charge >= 0.3 is 0 Å². The van der Waals surface area contributed by atoms with Crippen molar-refractivity contribution in [3.8, 4) is 11.5 Å². The van der Waals surface area contributed by atoms with Crippen molar-refractivity contribution in [3.63, 3.8) is 0 Å². The van der Waals surface area contributed by atoms with E-state index in [1.807, 2.05) is 0 Å². The molecule has 9 nitrogen and oxygen atoms in total. The summed E-state index contributed by atoms with van der Waals surface area (Å²) in [6.07, 6.45) is 2.82. The normalized spacial score (nSPS) is 11.4. The van der Waals surface area contributed by atoms with Crippen molar-refractivity contribution in [1.82, 2.24) is 15.1 Å². The maximum atomic E-state index is 12.7. The van der Waals surface area contributed by atoms with Gasteiger partial charge < -0.3 is 14.0 Å². The van der Waals surface area contributed by atoms with Gasteiger partial charge in [0.2, 0.25) is 5.82 Å². The molecule has 0 fully saturated rings. The quantitative estimate of drug-likeness (QED) is 0.744. The smallest absolute Gasteiger partial charge is 0.278 e. The van der Waals surface area contributed by atoms with E-state index >= 15 is 0 Å². The molecule has 1 N–H and O–H groups in total. The number of nitrogens with one attached hydrogen (secondary N) is 1. The van der Waals surface area contributed by atoms with E-state index in [-0.39, 0.29) is 33.4 Å². The summed E-state index contributed by atoms with van der Waals surface area (Å²) in [5.74, 6) is 0.201. The van der Waals surface area contributed by atoms with Crippen LogP contribution in [0.1, 0.15) is 0 Å². The summed E-state index contributed by atoms with van der Waals surface area (Å²) in [5, 5.41) is 3.65. The Balaban J connectivity index is 2.09. The van der Waals surface area contributed by atoms with Crippen LogP contribution in [0.5, 0.6) is 11.5 Å². The van der Waals surface area contributed by atoms with Crippen molar-refractivity contribution < 1.29 is 22.4 Å². The Morgan fingerprint density at radius 1 is 1.09 bits per heavy atom. The molecule has 0 unspecified atom stereocenters. The average Bonchev–Trinajstić information content (AvgIpc) is 2.96. The fourth-order valence-electron chi connectivity index (χ4n) is 2.01. The lowest BCUT2D eigenvalue weighted by molar-refractivity contribution is 0.373. The van der Waals surface area contributed by atoms with Crippen LogP contribution in [0, 0.1) is 0 Å². The van der Waals surface area contributed by atoms with Gasteiger partial charge in [-0.25, -0.2) is 18.4 Å². The number of rotatable bonds is 5. The number of anilines is 1. The maximum Gasteiger partial charge on any atom is 0.278 e. The van der Waals surface area contributed by atoms with E-state index in [4.69, 9.17) is 14.0 Å². The molecule has 3 aromatic rings. The van der Waals surface area contributed by atoms with Crippen molar-refractivity contribution >= 4 is 27.1 Å². The van der Waals surface area contributed by atoms with E-state index in [0.717, 1.165) is 0 Å². The minimum absolute atomic E-state index is 0.0685. The zero-order valence-electron chi connectivity index (χ0n) is 12.2. The summed E-state index contributed by atoms with van der Waals surface area (Å²) in [6, 6.07) is 4.64. The van der Waals surface area contributed by atoms with Crippen LogP contribution >= 0.6 is 0 Å². The van der Waals surface area contributed by atoms with Crippen molar-refractivity contribution in [3.05, 3.63) is 30.6 Å². The topological polar surface area (TPSA) is 116 Å². The fraction of sp³-hybridized carbons (Fsp3) is 0.154. The SMILES string of the molecule is COc1cccc(OC)c1S(=O)(=O)Nc1noc2nccnc12. The van der Waals surface area contributed by atoms with E-state index in [1.165, 1.54) is 38.7 Å². The number of methoxy groups -OCH3 is 2. The minimum Gasteiger partial charge on any atom is -0.495 e. The van der Waals surface area contributed by atoms with E-state index in [0.29, 0.717) is 0 Å². The third kappa shape index (κ3) is 2.63. The van der Waals surface area contributed by atoms with Gasteiger partial charge in [0.1, 0.15) is 11.5 Å². The minimum atomic E-state index is -4.05. The van der Waals surface area contributed by atoms with E-state index in [9.17, 15) is 8.42 Å². The lowest BCUT2D eigenvalue weighted by Crippen LogP contribution is -2.15. The predicted octanol–water partition coefficient (Wildman–Crippen LogP) is 1.44. The Labute approximate surface area is 131 Å². The van der Waals surface area contributed by atoms with Gasteiger partial charge in [0.25, 0.3) is 15.7 Å². The lowest BCUT2D eigenvalue weighted by Gasteiger charge is -2.13. The van der Waals surface area contributed by atoms with Gasteiger partial charge in [0, 0.05) is 12.4 Å². The molecule has 0 atom stereocenters. The molecule has 0 radical (unpaired) electrons. The second-order valence-electron chi connectivity index (χ2n) is 4.34. The molecule has 0 saturated carbocycles. The van der Waals surface area contributed by atoms with Gasteiger partial charge in [-0.05, 0) is 12.1 Å². The first kappa shape index (κ1) is 15.0. The molecule has 2 heterocycles. The van der Waals surface area contributed by atoms with Crippen LogP contribution < -0.4 is 14.2 Å². The first-order chi connectivity index (χ1) is 11.1. The monoisotopic (exact) mass is 336 g/mol. The van der Waals surface area contributed by atoms with Gasteiger partial charge in [-0.15, -0.1) is 0 Å². The molecule has 0 spiro atoms. The van der Waals surface area contributed by atoms with Crippen molar-refractivity contribution in [1.29, 1.82) is 0 Å². The summed E-state index contributed by atoms with van der Waals surface area (Å²) in [6.45, 7) is 0. The fourth-order valence-corrected chi connectivity index (χ4v) is 3.34. The number of fused-ring (bicyclic) bond motifs is 1. The Morgan fingerprint density at radius 3 is 2.39 bits per heavy atom. The molecule has 1 aromatic carbocycles. The van der Waals surface area contributed by atoms with E-state index in [1.54, 1.807) is 6.07 Å². The van der Waals surface area contributed by atoms with Crippen LogP contribution in [0.25, 0.3) is 11.2 Å². The van der Waals surface area contributed by atoms with Crippen LogP contribution in [0.15, 0.2) is 40.0 Å². The predicted molar refractivity (Wildman–Crippen MR) is 80.0 cm³/mol. The molecular formula is C13H12N4O5S. The molecule has 120 valence electrons. The van der Waals surface area contributed by atoms with Gasteiger partial charge in [-0.1, -0.05) is 11.2 Å². The first-order valence-electron chi connectivity index (χ1n) is 6.37. The zero-order valence-corrected chi connectivity index (χ0v) is 13.0. The lowest BCUT2D eigenvalue weighted by atomic mass is 10.3. The summed E-state index contributed by atoms with van der Waals surface area (Å²) in [7, 11) is -1.32. The molecule has 0 saturated heterocycles. The molecular weight excluding hydrogens is 324 g/mol. The Morgan fingerprint density at radius 2 is 1.74 bits per heavy atom. The maximum absolute atomic E-state index is 12.7. The average molecular weight is 336 g/mol. The Kier molecular flexibility index (Phi) is 3.74. The number of sulfonamides is 1. The standard InChI is InChI=1S/C13H12N4O5S/c1-20-8-4-3-5-9(21-2)11(8)23(18,19)17-12-10-13(22-16-12)15-7-6-14-10/h3-7H,1-2H3,(H,16,17). The molecule has 0 amide bonds. The molecule has 0 aliphatic heterocycles. The van der Waals surface area contributed by atoms with Crippen LogP contribution in [0.3, 0.4) is 0 Å². The number of benzene rings is 1. The third-order valence-electron chi connectivity index (χ3n) is 2.99. The second-order valence-corrected chi connectivity index (χ2v) is 5.96. The van der Waals surface area contributed by atoms with Crippen molar-refractivity contribution in [2.75, 3.05) is 18.9 Å². The van der Waals surface area contributed by atoms with Crippen LogP contribution in [0.2, 0.25) is 0 Å². The third-order valence-corrected chi connectivity index (χ3v) is 4.40. The number of nitrogens with zero attached hydrogens (tertiary/aromatic N) is 3. The Hall–Kier alpha value is -2.88. The molecule has 23 heavy (non-hydrogen) atoms. The molecule has 2 aromatic heterocycles. The van der Waals surface area contributed by atoms with E-state index < -0.39 is 10.0 Å². The zero-order chi connectivity index (χ0) is 16.4. The first-order valence-corrected chi connectivity index (χ1v) is 7.85. The largest absolute Gasteiger partial charge is 0.495 e. The van der Waals surface area contributed by atoms with Crippen molar-refractivity contribution in [2.24, 2.45) is 0 Å². The van der Waals surface area contributed by atoms with E-state index in [2.05, 4.69) is 19.8 Å². The van der Waals surface area contributed by atoms with Gasteiger partial charge in [0.05, 0.1) is 14.2 Å². The number of ether oxygens (including phenoxy) is 2. The Bertz CT molecular complexity index is 932. The van der Waals surface area contributed by atoms with Crippen LogP contribution in [-0.4, -0.2) is 37.8 Å². The summed E-state index contributed by atoms with van der Waals surface area (Å²) < 4.78 is 42.9.